The van der Waals surface area contributed by atoms with Crippen molar-refractivity contribution in [1.29, 1.82) is 0 Å². The molecule has 1 saturated heterocycles. The molecule has 1 rings (SSSR count). The van der Waals surface area contributed by atoms with Crippen molar-refractivity contribution in [1.82, 2.24) is 5.32 Å². The summed E-state index contributed by atoms with van der Waals surface area (Å²) in [4.78, 5) is 0. The van der Waals surface area contributed by atoms with Crippen molar-refractivity contribution in [3.8, 4) is 0 Å². The Bertz CT molecular complexity index is 70.2. The third kappa shape index (κ3) is 8.02. The summed E-state index contributed by atoms with van der Waals surface area (Å²) in [5, 5.41) is 3.39. The number of piperidine rings is 1. The Kier molecular flexibility index (Phi) is 13.1. The standard InChI is InChI=1S/C7H15N.C3H8.H2O/c1-2-7-4-3-5-8-6-7;1-3-2;/h7-8H,2-6H2,1H3;3H2,1-2H3;1H2. The third-order valence-corrected chi connectivity index (χ3v) is 1.98. The van der Waals surface area contributed by atoms with Crippen LogP contribution in [0.2, 0.25) is 0 Å². The van der Waals surface area contributed by atoms with Crippen LogP contribution in [-0.4, -0.2) is 18.6 Å². The molecule has 1 unspecified atom stereocenters. The lowest BCUT2D eigenvalue weighted by atomic mass is 9.97. The zero-order valence-corrected chi connectivity index (χ0v) is 8.82. The zero-order valence-electron chi connectivity index (χ0n) is 8.82. The molecule has 0 bridgehead atoms. The van der Waals surface area contributed by atoms with Crippen LogP contribution in [0, 0.1) is 5.92 Å². The van der Waals surface area contributed by atoms with Crippen molar-refractivity contribution in [3.05, 3.63) is 0 Å². The lowest BCUT2D eigenvalue weighted by Crippen LogP contribution is -2.29. The first-order chi connectivity index (χ1) is 5.35. The summed E-state index contributed by atoms with van der Waals surface area (Å²) in [6.45, 7) is 9.03. The predicted molar refractivity (Wildman–Crippen MR) is 55.5 cm³/mol. The van der Waals surface area contributed by atoms with Crippen LogP contribution >= 0.6 is 0 Å². The Morgan fingerprint density at radius 1 is 1.25 bits per heavy atom. The van der Waals surface area contributed by atoms with E-state index in [1.807, 2.05) is 0 Å². The minimum atomic E-state index is 0. The molecular formula is C10H25NO. The first-order valence-electron chi connectivity index (χ1n) is 5.05. The quantitative estimate of drug-likeness (QED) is 0.650. The molecule has 0 aromatic heterocycles. The second kappa shape index (κ2) is 10.9. The van der Waals surface area contributed by atoms with Gasteiger partial charge >= 0.3 is 0 Å². The maximum absolute atomic E-state index is 3.39. The molecule has 0 aromatic carbocycles. The molecule has 0 radical (unpaired) electrons. The average Bonchev–Trinajstić information content (AvgIpc) is 2.08. The molecule has 0 aromatic rings. The fraction of sp³-hybridized carbons (Fsp3) is 1.00. The van der Waals surface area contributed by atoms with Gasteiger partial charge in [0.15, 0.2) is 0 Å². The molecule has 2 nitrogen and oxygen atoms in total. The van der Waals surface area contributed by atoms with Gasteiger partial charge in [0.1, 0.15) is 0 Å². The van der Waals surface area contributed by atoms with Crippen LogP contribution in [0.5, 0.6) is 0 Å². The van der Waals surface area contributed by atoms with Crippen molar-refractivity contribution >= 4 is 0 Å². The Labute approximate surface area is 77.1 Å². The summed E-state index contributed by atoms with van der Waals surface area (Å²) in [6.07, 6.45) is 5.44. The average molecular weight is 175 g/mol. The van der Waals surface area contributed by atoms with E-state index in [4.69, 9.17) is 0 Å². The molecule has 1 fully saturated rings. The monoisotopic (exact) mass is 175 g/mol. The molecule has 0 aliphatic carbocycles. The van der Waals surface area contributed by atoms with Gasteiger partial charge in [0.25, 0.3) is 0 Å². The second-order valence-corrected chi connectivity index (χ2v) is 3.33. The van der Waals surface area contributed by atoms with Crippen LogP contribution in [0.3, 0.4) is 0 Å². The van der Waals surface area contributed by atoms with Crippen LogP contribution in [0.15, 0.2) is 0 Å². The van der Waals surface area contributed by atoms with Gasteiger partial charge in [0.2, 0.25) is 0 Å². The van der Waals surface area contributed by atoms with Crippen molar-refractivity contribution in [2.75, 3.05) is 13.1 Å². The Morgan fingerprint density at radius 3 is 2.08 bits per heavy atom. The van der Waals surface area contributed by atoms with Gasteiger partial charge in [-0.05, 0) is 31.8 Å². The lowest BCUT2D eigenvalue weighted by molar-refractivity contribution is 0.369. The first kappa shape index (κ1) is 14.4. The molecule has 2 heteroatoms. The highest BCUT2D eigenvalue weighted by Crippen LogP contribution is 2.12. The predicted octanol–water partition coefficient (Wildman–Crippen LogP) is 1.99. The largest absolute Gasteiger partial charge is 0.412 e. The summed E-state index contributed by atoms with van der Waals surface area (Å²) < 4.78 is 0. The smallest absolute Gasteiger partial charge is 0.00206 e. The molecule has 0 amide bonds. The van der Waals surface area contributed by atoms with Crippen molar-refractivity contribution in [3.63, 3.8) is 0 Å². The first-order valence-corrected chi connectivity index (χ1v) is 5.05. The second-order valence-electron chi connectivity index (χ2n) is 3.33. The van der Waals surface area contributed by atoms with Gasteiger partial charge in [-0.2, -0.15) is 0 Å². The lowest BCUT2D eigenvalue weighted by Gasteiger charge is -2.20. The van der Waals surface area contributed by atoms with Gasteiger partial charge < -0.3 is 10.8 Å². The summed E-state index contributed by atoms with van der Waals surface area (Å²) >= 11 is 0. The highest BCUT2D eigenvalue weighted by Gasteiger charge is 2.08. The van der Waals surface area contributed by atoms with Crippen molar-refractivity contribution in [2.24, 2.45) is 5.92 Å². The Balaban J connectivity index is 0. The normalized spacial score (nSPS) is 21.8. The van der Waals surface area contributed by atoms with Gasteiger partial charge in [0, 0.05) is 0 Å². The zero-order chi connectivity index (χ0) is 8.53. The minimum Gasteiger partial charge on any atom is -0.412 e. The third-order valence-electron chi connectivity index (χ3n) is 1.98. The van der Waals surface area contributed by atoms with Gasteiger partial charge in [-0.25, -0.2) is 0 Å². The van der Waals surface area contributed by atoms with E-state index in [0.717, 1.165) is 5.92 Å². The van der Waals surface area contributed by atoms with Gasteiger partial charge in [-0.1, -0.05) is 33.6 Å². The van der Waals surface area contributed by atoms with Crippen LogP contribution in [0.25, 0.3) is 0 Å². The molecule has 12 heavy (non-hydrogen) atoms. The molecule has 0 saturated carbocycles. The van der Waals surface area contributed by atoms with Gasteiger partial charge in [0.05, 0.1) is 0 Å². The van der Waals surface area contributed by atoms with E-state index in [9.17, 15) is 0 Å². The van der Waals surface area contributed by atoms with E-state index in [2.05, 4.69) is 26.1 Å². The highest BCUT2D eigenvalue weighted by molar-refractivity contribution is 4.66. The van der Waals surface area contributed by atoms with Gasteiger partial charge in [-0.15, -0.1) is 0 Å². The van der Waals surface area contributed by atoms with Crippen LogP contribution in [0.4, 0.5) is 0 Å². The number of hydrogen-bond donors (Lipinski definition) is 1. The number of nitrogens with one attached hydrogen (secondary N) is 1. The van der Waals surface area contributed by atoms with Crippen LogP contribution in [0.1, 0.15) is 46.5 Å². The summed E-state index contributed by atoms with van der Waals surface area (Å²) in [7, 11) is 0. The fourth-order valence-electron chi connectivity index (χ4n) is 1.27. The van der Waals surface area contributed by atoms with E-state index in [1.54, 1.807) is 0 Å². The van der Waals surface area contributed by atoms with Gasteiger partial charge in [-0.3, -0.25) is 0 Å². The molecule has 1 aliphatic rings. The maximum Gasteiger partial charge on any atom is -0.00206 e. The van der Waals surface area contributed by atoms with Crippen molar-refractivity contribution < 1.29 is 5.48 Å². The molecular weight excluding hydrogens is 150 g/mol. The molecule has 1 atom stereocenters. The SMILES string of the molecule is CCC.CCC1CCCNC1.O. The Morgan fingerprint density at radius 2 is 1.83 bits per heavy atom. The van der Waals surface area contributed by atoms with Crippen LogP contribution in [-0.2, 0) is 0 Å². The van der Waals surface area contributed by atoms with E-state index >= 15 is 0 Å². The fourth-order valence-corrected chi connectivity index (χ4v) is 1.27. The summed E-state index contributed by atoms with van der Waals surface area (Å²) in [6, 6.07) is 0. The molecule has 76 valence electrons. The van der Waals surface area contributed by atoms with Crippen LogP contribution < -0.4 is 5.32 Å². The topological polar surface area (TPSA) is 43.5 Å². The minimum absolute atomic E-state index is 0. The summed E-state index contributed by atoms with van der Waals surface area (Å²) in [5.74, 6) is 0.976. The maximum atomic E-state index is 3.39. The van der Waals surface area contributed by atoms with Crippen molar-refractivity contribution in [2.45, 2.75) is 46.5 Å². The van der Waals surface area contributed by atoms with E-state index < -0.39 is 0 Å². The molecule has 0 spiro atoms. The number of rotatable bonds is 1. The highest BCUT2D eigenvalue weighted by atomic mass is 16.0. The Hall–Kier alpha value is -0.0800. The van der Waals surface area contributed by atoms with E-state index in [1.165, 1.54) is 38.8 Å². The molecule has 1 aliphatic heterocycles. The van der Waals surface area contributed by atoms with E-state index in [-0.39, 0.29) is 5.48 Å². The number of hydrogen-bond acceptors (Lipinski definition) is 1. The molecule has 3 N–H and O–H groups in total. The van der Waals surface area contributed by atoms with E-state index in [0.29, 0.717) is 0 Å². The molecule has 1 heterocycles. The summed E-state index contributed by atoms with van der Waals surface area (Å²) in [5.41, 5.74) is 0.